The van der Waals surface area contributed by atoms with Crippen molar-refractivity contribution in [1.29, 1.82) is 0 Å². The van der Waals surface area contributed by atoms with Gasteiger partial charge in [-0.1, -0.05) is 37.1 Å². The number of rotatable bonds is 9. The highest BCUT2D eigenvalue weighted by molar-refractivity contribution is 5.84. The number of likely N-dealkylation sites (N-methyl/N-ethyl adjacent to an activating group) is 1. The van der Waals surface area contributed by atoms with Crippen LogP contribution in [0.3, 0.4) is 0 Å². The van der Waals surface area contributed by atoms with E-state index in [-0.39, 0.29) is 11.9 Å². The average molecular weight is 331 g/mol. The molecule has 0 radical (unpaired) electrons. The zero-order valence-corrected chi connectivity index (χ0v) is 14.4. The summed E-state index contributed by atoms with van der Waals surface area (Å²) in [6.07, 6.45) is 0.628. The van der Waals surface area contributed by atoms with Crippen LogP contribution >= 0.6 is 0 Å². The van der Waals surface area contributed by atoms with Gasteiger partial charge in [-0.25, -0.2) is 0 Å². The van der Waals surface area contributed by atoms with Gasteiger partial charge >= 0.3 is 0 Å². The Morgan fingerprint density at radius 2 is 2.00 bits per heavy atom. The molecule has 0 aliphatic heterocycles. The van der Waals surface area contributed by atoms with E-state index in [1.807, 2.05) is 51.1 Å². The molecular weight excluding hydrogens is 306 g/mol. The molecule has 0 saturated heterocycles. The van der Waals surface area contributed by atoms with Crippen molar-refractivity contribution in [2.24, 2.45) is 0 Å². The van der Waals surface area contributed by atoms with E-state index in [1.165, 1.54) is 0 Å². The van der Waals surface area contributed by atoms with Crippen LogP contribution in [-0.2, 0) is 4.79 Å². The van der Waals surface area contributed by atoms with Crippen LogP contribution in [0.25, 0.3) is 5.69 Å². The number of benzene rings is 1. The smallest absolute Gasteiger partial charge is 0.248 e. The number of carbonyl (C=O) groups is 1. The van der Waals surface area contributed by atoms with E-state index in [4.69, 9.17) is 0 Å². The molecule has 1 unspecified atom stereocenters. The number of nitrogens with zero attached hydrogens (tertiary/aromatic N) is 4. The number of hydrogen-bond acceptors (Lipinski definition) is 6. The number of tetrazole rings is 1. The predicted molar refractivity (Wildman–Crippen MR) is 93.0 cm³/mol. The van der Waals surface area contributed by atoms with Gasteiger partial charge in [0.05, 0.1) is 5.69 Å². The third-order valence-corrected chi connectivity index (χ3v) is 3.63. The topological polar surface area (TPSA) is 96.8 Å². The van der Waals surface area contributed by atoms with Crippen molar-refractivity contribution in [2.45, 2.75) is 39.3 Å². The lowest BCUT2D eigenvalue weighted by atomic mass is 10.2. The van der Waals surface area contributed by atoms with E-state index >= 15 is 0 Å². The first kappa shape index (κ1) is 17.9. The first-order valence-corrected chi connectivity index (χ1v) is 8.27. The fraction of sp³-hybridized carbons (Fsp3) is 0.500. The van der Waals surface area contributed by atoms with Crippen LogP contribution in [0.15, 0.2) is 30.3 Å². The van der Waals surface area contributed by atoms with Crippen LogP contribution in [0, 0.1) is 0 Å². The number of hydrogen-bond donors (Lipinski definition) is 3. The van der Waals surface area contributed by atoms with Gasteiger partial charge < -0.3 is 16.0 Å². The molecule has 2 atom stereocenters. The Hall–Kier alpha value is -2.48. The van der Waals surface area contributed by atoms with Crippen molar-refractivity contribution in [3.63, 3.8) is 0 Å². The molecule has 3 N–H and O–H groups in total. The zero-order valence-electron chi connectivity index (χ0n) is 14.4. The van der Waals surface area contributed by atoms with Gasteiger partial charge in [-0.15, -0.1) is 0 Å². The third kappa shape index (κ3) is 4.76. The van der Waals surface area contributed by atoms with Gasteiger partial charge in [-0.05, 0) is 42.4 Å². The van der Waals surface area contributed by atoms with Gasteiger partial charge in [0.2, 0.25) is 11.9 Å². The second-order valence-electron chi connectivity index (χ2n) is 5.56. The Balaban J connectivity index is 2.01. The third-order valence-electron chi connectivity index (χ3n) is 3.63. The molecule has 0 spiro atoms. The summed E-state index contributed by atoms with van der Waals surface area (Å²) in [4.78, 5) is 12.4. The molecule has 1 heterocycles. The molecule has 0 aliphatic carbocycles. The van der Waals surface area contributed by atoms with Crippen molar-refractivity contribution >= 4 is 11.9 Å². The van der Waals surface area contributed by atoms with Crippen molar-refractivity contribution in [2.75, 3.05) is 18.4 Å². The minimum absolute atomic E-state index is 0.0649. The molecular formula is C16H25N7O. The van der Waals surface area contributed by atoms with Gasteiger partial charge in [-0.3, -0.25) is 4.79 Å². The molecule has 130 valence electrons. The van der Waals surface area contributed by atoms with E-state index in [2.05, 4.69) is 31.5 Å². The molecule has 0 fully saturated rings. The summed E-state index contributed by atoms with van der Waals surface area (Å²) in [7, 11) is 0. The van der Waals surface area contributed by atoms with Crippen LogP contribution in [0.4, 0.5) is 5.95 Å². The van der Waals surface area contributed by atoms with E-state index < -0.39 is 6.04 Å². The molecule has 0 aliphatic rings. The van der Waals surface area contributed by atoms with E-state index in [9.17, 15) is 4.79 Å². The van der Waals surface area contributed by atoms with Crippen LogP contribution in [0.2, 0.25) is 0 Å². The number of amides is 1. The lowest BCUT2D eigenvalue weighted by Gasteiger charge is -2.19. The van der Waals surface area contributed by atoms with Crippen molar-refractivity contribution in [1.82, 2.24) is 30.8 Å². The molecule has 1 aromatic carbocycles. The molecule has 1 amide bonds. The Kier molecular flexibility index (Phi) is 6.68. The maximum absolute atomic E-state index is 12.4. The highest BCUT2D eigenvalue weighted by Gasteiger charge is 2.20. The molecule has 2 aromatic rings. The Labute approximate surface area is 142 Å². The molecule has 24 heavy (non-hydrogen) atoms. The molecule has 2 rings (SSSR count). The number of nitrogens with one attached hydrogen (secondary N) is 3. The van der Waals surface area contributed by atoms with Gasteiger partial charge in [0.25, 0.3) is 0 Å². The quantitative estimate of drug-likeness (QED) is 0.633. The van der Waals surface area contributed by atoms with Crippen molar-refractivity contribution in [3.8, 4) is 5.69 Å². The number of anilines is 1. The SMILES string of the molecule is CCN[C@H](C)CNC(=O)C(CC)Nc1nnnn1-c1ccccc1. The highest BCUT2D eigenvalue weighted by Crippen LogP contribution is 2.12. The first-order valence-electron chi connectivity index (χ1n) is 8.27. The monoisotopic (exact) mass is 331 g/mol. The molecule has 8 heteroatoms. The van der Waals surface area contributed by atoms with Crippen molar-refractivity contribution in [3.05, 3.63) is 30.3 Å². The summed E-state index contributed by atoms with van der Waals surface area (Å²) in [5.74, 6) is 0.382. The molecule has 0 saturated carbocycles. The van der Waals surface area contributed by atoms with Crippen LogP contribution in [0.1, 0.15) is 27.2 Å². The van der Waals surface area contributed by atoms with Gasteiger partial charge in [0.15, 0.2) is 0 Å². The predicted octanol–water partition coefficient (Wildman–Crippen LogP) is 0.967. The standard InChI is InChI=1S/C16H25N7O/c1-4-14(15(24)18-11-12(3)17-5-2)19-16-20-21-22-23(16)13-9-7-6-8-10-13/h6-10,12,14,17H,4-5,11H2,1-3H3,(H,18,24)(H,19,20,22)/t12-,14?/m1/s1. The normalized spacial score (nSPS) is 13.3. The summed E-state index contributed by atoms with van der Waals surface area (Å²) in [6, 6.07) is 9.38. The number of carbonyl (C=O) groups excluding carboxylic acids is 1. The maximum Gasteiger partial charge on any atom is 0.248 e. The zero-order chi connectivity index (χ0) is 17.4. The first-order chi connectivity index (χ1) is 11.7. The minimum Gasteiger partial charge on any atom is -0.353 e. The van der Waals surface area contributed by atoms with E-state index in [1.54, 1.807) is 4.68 Å². The van der Waals surface area contributed by atoms with Crippen molar-refractivity contribution < 1.29 is 4.79 Å². The Morgan fingerprint density at radius 3 is 2.67 bits per heavy atom. The largest absolute Gasteiger partial charge is 0.353 e. The van der Waals surface area contributed by atoms with E-state index in [0.717, 1.165) is 12.2 Å². The summed E-state index contributed by atoms with van der Waals surface area (Å²) in [6.45, 7) is 7.47. The number of para-hydroxylation sites is 1. The van der Waals surface area contributed by atoms with Gasteiger partial charge in [-0.2, -0.15) is 4.68 Å². The average Bonchev–Trinajstić information content (AvgIpc) is 3.07. The second kappa shape index (κ2) is 8.97. The summed E-state index contributed by atoms with van der Waals surface area (Å²) >= 11 is 0. The molecule has 0 bridgehead atoms. The highest BCUT2D eigenvalue weighted by atomic mass is 16.2. The summed E-state index contributed by atoms with van der Waals surface area (Å²) in [5.41, 5.74) is 0.834. The second-order valence-corrected chi connectivity index (χ2v) is 5.56. The van der Waals surface area contributed by atoms with Gasteiger partial charge in [0, 0.05) is 12.6 Å². The number of aromatic nitrogens is 4. The summed E-state index contributed by atoms with van der Waals surface area (Å²) < 4.78 is 1.58. The minimum atomic E-state index is -0.396. The van der Waals surface area contributed by atoms with Gasteiger partial charge in [0.1, 0.15) is 6.04 Å². The maximum atomic E-state index is 12.4. The van der Waals surface area contributed by atoms with Crippen LogP contribution in [-0.4, -0.2) is 51.3 Å². The fourth-order valence-electron chi connectivity index (χ4n) is 2.33. The Morgan fingerprint density at radius 1 is 1.25 bits per heavy atom. The van der Waals surface area contributed by atoms with Crippen LogP contribution < -0.4 is 16.0 Å². The molecule has 1 aromatic heterocycles. The fourth-order valence-corrected chi connectivity index (χ4v) is 2.33. The summed E-state index contributed by atoms with van der Waals surface area (Å²) in [5, 5.41) is 21.0. The Bertz CT molecular complexity index is 628. The van der Waals surface area contributed by atoms with Crippen LogP contribution in [0.5, 0.6) is 0 Å². The van der Waals surface area contributed by atoms with E-state index in [0.29, 0.717) is 18.9 Å². The lowest BCUT2D eigenvalue weighted by molar-refractivity contribution is -0.122. The molecule has 8 nitrogen and oxygen atoms in total. The lowest BCUT2D eigenvalue weighted by Crippen LogP contribution is -2.45.